The van der Waals surface area contributed by atoms with Crippen molar-refractivity contribution in [3.05, 3.63) is 55.1 Å². The number of aliphatic hydroxyl groups is 1. The van der Waals surface area contributed by atoms with Gasteiger partial charge >= 0.3 is 0 Å². The third kappa shape index (κ3) is 4.32. The average Bonchev–Trinajstić information content (AvgIpc) is 3.01. The van der Waals surface area contributed by atoms with Crippen molar-refractivity contribution in [1.29, 1.82) is 0 Å². The van der Waals surface area contributed by atoms with Crippen molar-refractivity contribution in [2.24, 2.45) is 5.92 Å². The molecule has 2 amide bonds. The van der Waals surface area contributed by atoms with Crippen molar-refractivity contribution >= 4 is 17.5 Å². The normalized spacial score (nSPS) is 19.5. The maximum atomic E-state index is 12.4. The quantitative estimate of drug-likeness (QED) is 0.756. The molecule has 0 aliphatic heterocycles. The number of hydrogen-bond acceptors (Lipinski definition) is 3. The number of amides is 2. The molecular weight excluding hydrogens is 304 g/mol. The predicted molar refractivity (Wildman–Crippen MR) is 94.7 cm³/mol. The smallest absolute Gasteiger partial charge is 0.254 e. The van der Waals surface area contributed by atoms with E-state index in [-0.39, 0.29) is 17.7 Å². The molecule has 1 aromatic rings. The minimum absolute atomic E-state index is 0.112. The lowest BCUT2D eigenvalue weighted by Crippen LogP contribution is -2.31. The van der Waals surface area contributed by atoms with Gasteiger partial charge in [-0.25, -0.2) is 0 Å². The Kier molecular flexibility index (Phi) is 6.32. The lowest BCUT2D eigenvalue weighted by Gasteiger charge is -2.19. The van der Waals surface area contributed by atoms with Gasteiger partial charge in [-0.2, -0.15) is 0 Å². The lowest BCUT2D eigenvalue weighted by atomic mass is 10.1. The van der Waals surface area contributed by atoms with Crippen molar-refractivity contribution in [2.75, 3.05) is 18.4 Å². The van der Waals surface area contributed by atoms with E-state index in [0.29, 0.717) is 37.2 Å². The molecule has 2 atom stereocenters. The summed E-state index contributed by atoms with van der Waals surface area (Å²) in [4.78, 5) is 26.2. The van der Waals surface area contributed by atoms with Crippen LogP contribution in [-0.4, -0.2) is 41.0 Å². The van der Waals surface area contributed by atoms with Crippen molar-refractivity contribution in [3.63, 3.8) is 0 Å². The summed E-state index contributed by atoms with van der Waals surface area (Å²) in [5, 5.41) is 12.6. The van der Waals surface area contributed by atoms with Gasteiger partial charge in [-0.3, -0.25) is 9.59 Å². The van der Waals surface area contributed by atoms with E-state index in [1.165, 1.54) is 0 Å². The van der Waals surface area contributed by atoms with E-state index in [0.717, 1.165) is 6.42 Å². The third-order valence-corrected chi connectivity index (χ3v) is 4.20. The zero-order valence-corrected chi connectivity index (χ0v) is 13.8. The first-order valence-corrected chi connectivity index (χ1v) is 8.17. The summed E-state index contributed by atoms with van der Waals surface area (Å²) in [5.74, 6) is -0.625. The number of benzene rings is 1. The highest BCUT2D eigenvalue weighted by atomic mass is 16.3. The minimum atomic E-state index is -0.558. The number of carbonyl (C=O) groups excluding carboxylic acids is 2. The molecule has 0 spiro atoms. The van der Waals surface area contributed by atoms with Crippen LogP contribution in [0.2, 0.25) is 0 Å². The maximum absolute atomic E-state index is 12.4. The van der Waals surface area contributed by atoms with E-state index in [1.54, 1.807) is 41.3 Å². The van der Waals surface area contributed by atoms with Crippen LogP contribution in [0.1, 0.15) is 29.6 Å². The molecule has 0 aromatic heterocycles. The summed E-state index contributed by atoms with van der Waals surface area (Å²) in [5.41, 5.74) is 1.16. The second-order valence-corrected chi connectivity index (χ2v) is 5.96. The highest BCUT2D eigenvalue weighted by Crippen LogP contribution is 2.26. The Balaban J connectivity index is 2.01. The first-order chi connectivity index (χ1) is 11.6. The average molecular weight is 328 g/mol. The van der Waals surface area contributed by atoms with Gasteiger partial charge in [0.15, 0.2) is 0 Å². The van der Waals surface area contributed by atoms with Gasteiger partial charge < -0.3 is 15.3 Å². The molecule has 0 radical (unpaired) electrons. The molecule has 0 saturated heterocycles. The van der Waals surface area contributed by atoms with Crippen LogP contribution in [0.3, 0.4) is 0 Å². The first-order valence-electron chi connectivity index (χ1n) is 8.17. The van der Waals surface area contributed by atoms with E-state index < -0.39 is 6.10 Å². The molecule has 0 heterocycles. The summed E-state index contributed by atoms with van der Waals surface area (Å²) < 4.78 is 0. The minimum Gasteiger partial charge on any atom is -0.392 e. The van der Waals surface area contributed by atoms with Crippen molar-refractivity contribution in [3.8, 4) is 0 Å². The molecule has 1 aromatic carbocycles. The van der Waals surface area contributed by atoms with Crippen LogP contribution < -0.4 is 5.32 Å². The molecule has 5 nitrogen and oxygen atoms in total. The van der Waals surface area contributed by atoms with Crippen LogP contribution in [0.5, 0.6) is 0 Å². The van der Waals surface area contributed by atoms with Crippen LogP contribution in [0.4, 0.5) is 5.69 Å². The monoisotopic (exact) mass is 328 g/mol. The molecule has 2 rings (SSSR count). The van der Waals surface area contributed by atoms with Gasteiger partial charge in [0.2, 0.25) is 5.91 Å². The Labute approximate surface area is 142 Å². The summed E-state index contributed by atoms with van der Waals surface area (Å²) in [6.07, 6.45) is 5.04. The zero-order chi connectivity index (χ0) is 17.5. The Morgan fingerprint density at radius 1 is 1.17 bits per heavy atom. The molecule has 2 N–H and O–H groups in total. The predicted octanol–water partition coefficient (Wildman–Crippen LogP) is 2.60. The number of hydrogen-bond donors (Lipinski definition) is 2. The molecule has 24 heavy (non-hydrogen) atoms. The molecule has 1 saturated carbocycles. The Bertz CT molecular complexity index is 600. The first kappa shape index (κ1) is 17.9. The zero-order valence-electron chi connectivity index (χ0n) is 13.8. The van der Waals surface area contributed by atoms with Crippen molar-refractivity contribution in [1.82, 2.24) is 4.90 Å². The molecule has 1 aliphatic carbocycles. The maximum Gasteiger partial charge on any atom is 0.254 e. The van der Waals surface area contributed by atoms with Gasteiger partial charge in [0.05, 0.1) is 12.0 Å². The highest BCUT2D eigenvalue weighted by Gasteiger charge is 2.31. The van der Waals surface area contributed by atoms with Gasteiger partial charge in [-0.1, -0.05) is 12.2 Å². The van der Waals surface area contributed by atoms with E-state index in [9.17, 15) is 14.7 Å². The van der Waals surface area contributed by atoms with Crippen LogP contribution in [-0.2, 0) is 4.79 Å². The molecule has 128 valence electrons. The fourth-order valence-corrected chi connectivity index (χ4v) is 2.91. The number of nitrogens with one attached hydrogen (secondary N) is 1. The van der Waals surface area contributed by atoms with Gasteiger partial charge in [0.1, 0.15) is 0 Å². The number of anilines is 1. The van der Waals surface area contributed by atoms with Crippen molar-refractivity contribution in [2.45, 2.75) is 25.4 Å². The number of rotatable bonds is 7. The van der Waals surface area contributed by atoms with Gasteiger partial charge in [0.25, 0.3) is 5.91 Å². The van der Waals surface area contributed by atoms with Crippen molar-refractivity contribution < 1.29 is 14.7 Å². The fourth-order valence-electron chi connectivity index (χ4n) is 2.91. The third-order valence-electron chi connectivity index (χ3n) is 4.20. The Hall–Kier alpha value is -2.40. The van der Waals surface area contributed by atoms with Gasteiger partial charge in [0, 0.05) is 24.3 Å². The van der Waals surface area contributed by atoms with E-state index in [1.807, 2.05) is 0 Å². The highest BCUT2D eigenvalue weighted by molar-refractivity contribution is 5.96. The van der Waals surface area contributed by atoms with E-state index in [4.69, 9.17) is 0 Å². The number of aliphatic hydroxyl groups excluding tert-OH is 1. The molecule has 1 aliphatic rings. The van der Waals surface area contributed by atoms with Crippen LogP contribution in [0, 0.1) is 5.92 Å². The van der Waals surface area contributed by atoms with E-state index >= 15 is 0 Å². The molecule has 5 heteroatoms. The SMILES string of the molecule is C=CCN(CC=C)C(=O)c1ccc(NC(=O)C2CCCC2O)cc1. The number of carbonyl (C=O) groups is 2. The van der Waals surface area contributed by atoms with Crippen LogP contribution >= 0.6 is 0 Å². The van der Waals surface area contributed by atoms with Gasteiger partial charge in [-0.05, 0) is 43.5 Å². The second kappa shape index (κ2) is 8.45. The summed E-state index contributed by atoms with van der Waals surface area (Å²) >= 11 is 0. The summed E-state index contributed by atoms with van der Waals surface area (Å²) in [7, 11) is 0. The fraction of sp³-hybridized carbons (Fsp3) is 0.368. The standard InChI is InChI=1S/C19H24N2O3/c1-3-12-21(13-4-2)19(24)14-8-10-15(11-9-14)20-18(23)16-6-5-7-17(16)22/h3-4,8-11,16-17,22H,1-2,5-7,12-13H2,(H,20,23). The molecule has 0 bridgehead atoms. The topological polar surface area (TPSA) is 69.6 Å². The summed E-state index contributed by atoms with van der Waals surface area (Å²) in [6.45, 7) is 8.20. The second-order valence-electron chi connectivity index (χ2n) is 5.96. The van der Waals surface area contributed by atoms with Crippen LogP contribution in [0.25, 0.3) is 0 Å². The number of nitrogens with zero attached hydrogens (tertiary/aromatic N) is 1. The molecule has 1 fully saturated rings. The van der Waals surface area contributed by atoms with Gasteiger partial charge in [-0.15, -0.1) is 13.2 Å². The lowest BCUT2D eigenvalue weighted by molar-refractivity contribution is -0.122. The van der Waals surface area contributed by atoms with Crippen LogP contribution in [0.15, 0.2) is 49.6 Å². The molecular formula is C19H24N2O3. The molecule has 2 unspecified atom stereocenters. The van der Waals surface area contributed by atoms with E-state index in [2.05, 4.69) is 18.5 Å². The Morgan fingerprint density at radius 3 is 2.29 bits per heavy atom. The Morgan fingerprint density at radius 2 is 1.79 bits per heavy atom. The summed E-state index contributed by atoms with van der Waals surface area (Å²) in [6, 6.07) is 6.77. The largest absolute Gasteiger partial charge is 0.392 e.